The van der Waals surface area contributed by atoms with Gasteiger partial charge in [0.25, 0.3) is 0 Å². The highest BCUT2D eigenvalue weighted by Crippen LogP contribution is 2.32. The Hall–Kier alpha value is -1.51. The molecular formula is C15H20O3. The highest BCUT2D eigenvalue weighted by atomic mass is 16.5. The lowest BCUT2D eigenvalue weighted by Gasteiger charge is -2.32. The van der Waals surface area contributed by atoms with E-state index in [0.717, 1.165) is 25.2 Å². The molecule has 0 saturated heterocycles. The molecule has 3 atom stereocenters. The van der Waals surface area contributed by atoms with Gasteiger partial charge in [0.2, 0.25) is 0 Å². The number of rotatable bonds is 3. The van der Waals surface area contributed by atoms with Gasteiger partial charge in [-0.1, -0.05) is 26.0 Å². The van der Waals surface area contributed by atoms with Crippen LogP contribution in [-0.2, 0) is 0 Å². The van der Waals surface area contributed by atoms with E-state index in [1.165, 1.54) is 0 Å². The molecule has 18 heavy (non-hydrogen) atoms. The molecule has 0 radical (unpaired) electrons. The third kappa shape index (κ3) is 2.84. The van der Waals surface area contributed by atoms with Crippen LogP contribution in [-0.4, -0.2) is 17.2 Å². The first-order valence-electron chi connectivity index (χ1n) is 6.57. The van der Waals surface area contributed by atoms with Crippen molar-refractivity contribution in [3.05, 3.63) is 29.8 Å². The van der Waals surface area contributed by atoms with Crippen molar-refractivity contribution in [2.24, 2.45) is 11.8 Å². The number of ether oxygens (including phenoxy) is 1. The maximum Gasteiger partial charge on any atom is 0.339 e. The average molecular weight is 248 g/mol. The van der Waals surface area contributed by atoms with Gasteiger partial charge in [0.1, 0.15) is 11.3 Å². The van der Waals surface area contributed by atoms with Crippen molar-refractivity contribution in [2.45, 2.75) is 39.2 Å². The van der Waals surface area contributed by atoms with Crippen molar-refractivity contribution in [3.63, 3.8) is 0 Å². The zero-order valence-electron chi connectivity index (χ0n) is 10.9. The molecule has 98 valence electrons. The predicted molar refractivity (Wildman–Crippen MR) is 70.0 cm³/mol. The number of hydrogen-bond acceptors (Lipinski definition) is 2. The predicted octanol–water partition coefficient (Wildman–Crippen LogP) is 3.59. The zero-order valence-corrected chi connectivity index (χ0v) is 10.9. The number of para-hydroxylation sites is 1. The Morgan fingerprint density at radius 2 is 1.94 bits per heavy atom. The Morgan fingerprint density at radius 1 is 1.22 bits per heavy atom. The zero-order chi connectivity index (χ0) is 13.1. The molecule has 3 heteroatoms. The lowest BCUT2D eigenvalue weighted by atomic mass is 9.80. The smallest absolute Gasteiger partial charge is 0.339 e. The molecule has 1 fully saturated rings. The highest BCUT2D eigenvalue weighted by molar-refractivity contribution is 5.90. The van der Waals surface area contributed by atoms with Gasteiger partial charge in [0, 0.05) is 0 Å². The Labute approximate surface area is 108 Å². The van der Waals surface area contributed by atoms with Crippen LogP contribution in [0.2, 0.25) is 0 Å². The number of carboxylic acid groups (broad SMARTS) is 1. The molecule has 0 heterocycles. The van der Waals surface area contributed by atoms with E-state index in [-0.39, 0.29) is 11.7 Å². The summed E-state index contributed by atoms with van der Waals surface area (Å²) in [6.45, 7) is 4.51. The highest BCUT2D eigenvalue weighted by Gasteiger charge is 2.26. The van der Waals surface area contributed by atoms with E-state index >= 15 is 0 Å². The minimum Gasteiger partial charge on any atom is -0.490 e. The molecule has 0 spiro atoms. The van der Waals surface area contributed by atoms with E-state index < -0.39 is 5.97 Å². The van der Waals surface area contributed by atoms with E-state index in [0.29, 0.717) is 11.7 Å². The van der Waals surface area contributed by atoms with Crippen LogP contribution in [0.4, 0.5) is 0 Å². The topological polar surface area (TPSA) is 46.5 Å². The molecule has 3 unspecified atom stereocenters. The number of carbonyl (C=O) groups is 1. The lowest BCUT2D eigenvalue weighted by molar-refractivity contribution is 0.0675. The van der Waals surface area contributed by atoms with Crippen LogP contribution in [0.5, 0.6) is 5.75 Å². The SMILES string of the molecule is CC1CCC(Oc2ccccc2C(=O)O)CC1C. The first-order valence-corrected chi connectivity index (χ1v) is 6.57. The Kier molecular flexibility index (Phi) is 3.90. The van der Waals surface area contributed by atoms with Gasteiger partial charge in [-0.25, -0.2) is 4.79 Å². The van der Waals surface area contributed by atoms with Crippen LogP contribution in [0.3, 0.4) is 0 Å². The number of aromatic carboxylic acids is 1. The normalized spacial score (nSPS) is 27.8. The summed E-state index contributed by atoms with van der Waals surface area (Å²) in [6, 6.07) is 6.87. The third-order valence-electron chi connectivity index (χ3n) is 3.96. The van der Waals surface area contributed by atoms with Crippen molar-refractivity contribution in [2.75, 3.05) is 0 Å². The number of hydrogen-bond donors (Lipinski definition) is 1. The Balaban J connectivity index is 2.08. The van der Waals surface area contributed by atoms with Gasteiger partial charge in [-0.15, -0.1) is 0 Å². The molecule has 1 aromatic rings. The van der Waals surface area contributed by atoms with E-state index in [1.807, 2.05) is 6.07 Å². The van der Waals surface area contributed by atoms with Crippen LogP contribution in [0, 0.1) is 11.8 Å². The quantitative estimate of drug-likeness (QED) is 0.889. The molecule has 1 aliphatic rings. The summed E-state index contributed by atoms with van der Waals surface area (Å²) >= 11 is 0. The summed E-state index contributed by atoms with van der Waals surface area (Å²) in [5, 5.41) is 9.11. The first-order chi connectivity index (χ1) is 8.58. The molecule has 0 amide bonds. The molecular weight excluding hydrogens is 228 g/mol. The van der Waals surface area contributed by atoms with E-state index in [9.17, 15) is 4.79 Å². The van der Waals surface area contributed by atoms with E-state index in [4.69, 9.17) is 9.84 Å². The molecule has 0 aromatic heterocycles. The molecule has 1 aromatic carbocycles. The monoisotopic (exact) mass is 248 g/mol. The lowest BCUT2D eigenvalue weighted by Crippen LogP contribution is -2.29. The van der Waals surface area contributed by atoms with Crippen LogP contribution in [0.1, 0.15) is 43.5 Å². The molecule has 0 bridgehead atoms. The fourth-order valence-electron chi connectivity index (χ4n) is 2.53. The molecule has 3 nitrogen and oxygen atoms in total. The average Bonchev–Trinajstić information content (AvgIpc) is 2.34. The molecule has 2 rings (SSSR count). The van der Waals surface area contributed by atoms with E-state index in [2.05, 4.69) is 13.8 Å². The van der Waals surface area contributed by atoms with E-state index in [1.54, 1.807) is 18.2 Å². The largest absolute Gasteiger partial charge is 0.490 e. The Morgan fingerprint density at radius 3 is 2.61 bits per heavy atom. The summed E-state index contributed by atoms with van der Waals surface area (Å²) < 4.78 is 5.89. The molecule has 1 aliphatic carbocycles. The van der Waals surface area contributed by atoms with Crippen molar-refractivity contribution in [1.29, 1.82) is 0 Å². The fraction of sp³-hybridized carbons (Fsp3) is 0.533. The molecule has 1 N–H and O–H groups in total. The second-order valence-corrected chi connectivity index (χ2v) is 5.31. The summed E-state index contributed by atoms with van der Waals surface area (Å²) in [7, 11) is 0. The van der Waals surface area contributed by atoms with Crippen LogP contribution in [0.15, 0.2) is 24.3 Å². The summed E-state index contributed by atoms with van der Waals surface area (Å²) in [5.41, 5.74) is 0.253. The summed E-state index contributed by atoms with van der Waals surface area (Å²) in [4.78, 5) is 11.1. The minimum atomic E-state index is -0.928. The van der Waals surface area contributed by atoms with Gasteiger partial charge < -0.3 is 9.84 Å². The van der Waals surface area contributed by atoms with Crippen LogP contribution < -0.4 is 4.74 Å². The van der Waals surface area contributed by atoms with Crippen molar-refractivity contribution in [3.8, 4) is 5.75 Å². The fourth-order valence-corrected chi connectivity index (χ4v) is 2.53. The Bertz CT molecular complexity index is 428. The van der Waals surface area contributed by atoms with Crippen LogP contribution in [0.25, 0.3) is 0 Å². The second-order valence-electron chi connectivity index (χ2n) is 5.31. The van der Waals surface area contributed by atoms with Gasteiger partial charge in [-0.2, -0.15) is 0 Å². The molecule has 1 saturated carbocycles. The van der Waals surface area contributed by atoms with Gasteiger partial charge in [0.05, 0.1) is 6.10 Å². The number of carboxylic acids is 1. The van der Waals surface area contributed by atoms with Gasteiger partial charge in [-0.05, 0) is 43.2 Å². The third-order valence-corrected chi connectivity index (χ3v) is 3.96. The van der Waals surface area contributed by atoms with Gasteiger partial charge in [0.15, 0.2) is 0 Å². The summed E-state index contributed by atoms with van der Waals surface area (Å²) in [6.07, 6.45) is 3.33. The molecule has 0 aliphatic heterocycles. The minimum absolute atomic E-state index is 0.150. The summed E-state index contributed by atoms with van der Waals surface area (Å²) in [5.74, 6) is 0.944. The number of benzene rings is 1. The van der Waals surface area contributed by atoms with Crippen molar-refractivity contribution in [1.82, 2.24) is 0 Å². The maximum absolute atomic E-state index is 11.1. The standard InChI is InChI=1S/C15H20O3/c1-10-7-8-12(9-11(10)2)18-14-6-4-3-5-13(14)15(16)17/h3-6,10-12H,7-9H2,1-2H3,(H,16,17). The van der Waals surface area contributed by atoms with Gasteiger partial charge in [-0.3, -0.25) is 0 Å². The van der Waals surface area contributed by atoms with Gasteiger partial charge >= 0.3 is 5.97 Å². The first kappa shape index (κ1) is 12.9. The van der Waals surface area contributed by atoms with Crippen molar-refractivity contribution >= 4 is 5.97 Å². The maximum atomic E-state index is 11.1. The second kappa shape index (κ2) is 5.42. The van der Waals surface area contributed by atoms with Crippen LogP contribution >= 0.6 is 0 Å². The van der Waals surface area contributed by atoms with Crippen molar-refractivity contribution < 1.29 is 14.6 Å².